The zero-order valence-electron chi connectivity index (χ0n) is 17.0. The number of nitrogens with one attached hydrogen (secondary N) is 2. The molecule has 4 N–H and O–H groups in total. The van der Waals surface area contributed by atoms with Crippen LogP contribution in [0.2, 0.25) is 0 Å². The van der Waals surface area contributed by atoms with Gasteiger partial charge in [-0.3, -0.25) is 19.6 Å². The fraction of sp³-hybridized carbons (Fsp3) is 0.550. The average Bonchev–Trinajstić information content (AvgIpc) is 2.76. The van der Waals surface area contributed by atoms with E-state index in [4.69, 9.17) is 5.73 Å². The standard InChI is InChI=1S/C20H27F3N4O3/c1-3-15(26-19(24)27-17(28)14-7-5-8-14)18(29)25-11-13-6-4-9-16(12(2)10-13)30-20(21,22)23/h3-4,6,9,12,14,16H,5,7-8,10-11H2,1-2H3,(H,25,29)(H3,24,26,27,28)/b15-3-. The summed E-state index contributed by atoms with van der Waals surface area (Å²) < 4.78 is 41.6. The lowest BCUT2D eigenvalue weighted by atomic mass is 9.85. The Bertz CT molecular complexity index is 768. The molecule has 2 atom stereocenters. The van der Waals surface area contributed by atoms with Crippen LogP contribution < -0.4 is 16.4 Å². The number of carbonyl (C=O) groups excluding carboxylic acids is 2. The van der Waals surface area contributed by atoms with Crippen LogP contribution in [0.3, 0.4) is 0 Å². The monoisotopic (exact) mass is 428 g/mol. The minimum Gasteiger partial charge on any atom is -0.369 e. The van der Waals surface area contributed by atoms with Gasteiger partial charge in [-0.25, -0.2) is 4.99 Å². The molecule has 0 bridgehead atoms. The first-order valence-electron chi connectivity index (χ1n) is 9.79. The van der Waals surface area contributed by atoms with E-state index in [9.17, 15) is 22.8 Å². The number of rotatable bonds is 6. The first kappa shape index (κ1) is 23.7. The lowest BCUT2D eigenvalue weighted by molar-refractivity contribution is -0.341. The minimum atomic E-state index is -4.71. The van der Waals surface area contributed by atoms with Crippen LogP contribution in [0.15, 0.2) is 40.6 Å². The van der Waals surface area contributed by atoms with Crippen LogP contribution >= 0.6 is 0 Å². The van der Waals surface area contributed by atoms with E-state index in [2.05, 4.69) is 20.4 Å². The quantitative estimate of drug-likeness (QED) is 0.344. The Hall–Kier alpha value is -2.62. The smallest absolute Gasteiger partial charge is 0.369 e. The third-order valence-electron chi connectivity index (χ3n) is 5.00. The summed E-state index contributed by atoms with van der Waals surface area (Å²) in [5.74, 6) is -1.37. The maximum atomic E-state index is 12.5. The van der Waals surface area contributed by atoms with E-state index in [1.54, 1.807) is 19.9 Å². The molecule has 0 spiro atoms. The second-order valence-corrected chi connectivity index (χ2v) is 7.39. The fourth-order valence-corrected chi connectivity index (χ4v) is 3.12. The molecule has 2 aliphatic rings. The van der Waals surface area contributed by atoms with E-state index < -0.39 is 24.3 Å². The van der Waals surface area contributed by atoms with E-state index >= 15 is 0 Å². The number of nitrogens with two attached hydrogens (primary N) is 1. The molecule has 0 saturated heterocycles. The average molecular weight is 428 g/mol. The van der Waals surface area contributed by atoms with Crippen LogP contribution in [0.1, 0.15) is 39.5 Å². The first-order chi connectivity index (χ1) is 14.1. The van der Waals surface area contributed by atoms with Gasteiger partial charge in [-0.05, 0) is 32.1 Å². The summed E-state index contributed by atoms with van der Waals surface area (Å²) in [6.45, 7) is 3.39. The molecule has 2 unspecified atom stereocenters. The van der Waals surface area contributed by atoms with Gasteiger partial charge in [-0.1, -0.05) is 43.2 Å². The van der Waals surface area contributed by atoms with Crippen LogP contribution in [0, 0.1) is 11.8 Å². The summed E-state index contributed by atoms with van der Waals surface area (Å²) in [5.41, 5.74) is 6.49. The predicted octanol–water partition coefficient (Wildman–Crippen LogP) is 2.66. The molecular weight excluding hydrogens is 401 g/mol. The van der Waals surface area contributed by atoms with E-state index in [0.29, 0.717) is 6.42 Å². The van der Waals surface area contributed by atoms with Crippen molar-refractivity contribution in [2.75, 3.05) is 6.54 Å². The molecule has 10 heteroatoms. The van der Waals surface area contributed by atoms with Gasteiger partial charge in [0.25, 0.3) is 5.91 Å². The molecule has 2 amide bonds. The molecule has 0 aromatic rings. The van der Waals surface area contributed by atoms with Crippen molar-refractivity contribution in [3.05, 3.63) is 35.6 Å². The van der Waals surface area contributed by atoms with Gasteiger partial charge in [0.05, 0.1) is 6.10 Å². The molecular formula is C20H27F3N4O3. The Morgan fingerprint density at radius 2 is 2.07 bits per heavy atom. The number of aliphatic imine (C=N–C) groups is 1. The SMILES string of the molecule is C/C=C(\N=C(N)NC(=O)C1CCC1)C(=O)NCC1=CC=CC(OC(F)(F)F)C(C)C1. The van der Waals surface area contributed by atoms with Crippen LogP contribution in [-0.4, -0.2) is 36.8 Å². The number of allylic oxidation sites excluding steroid dienone is 3. The van der Waals surface area contributed by atoms with Crippen LogP contribution in [0.4, 0.5) is 13.2 Å². The highest BCUT2D eigenvalue weighted by molar-refractivity contribution is 6.01. The number of guanidine groups is 1. The second-order valence-electron chi connectivity index (χ2n) is 7.39. The number of nitrogens with zero attached hydrogens (tertiary/aromatic N) is 1. The van der Waals surface area contributed by atoms with Gasteiger partial charge in [-0.2, -0.15) is 0 Å². The van der Waals surface area contributed by atoms with E-state index in [-0.39, 0.29) is 30.0 Å². The Labute approximate surface area is 173 Å². The largest absolute Gasteiger partial charge is 0.523 e. The third kappa shape index (κ3) is 7.33. The second kappa shape index (κ2) is 10.4. The highest BCUT2D eigenvalue weighted by Crippen LogP contribution is 2.28. The van der Waals surface area contributed by atoms with E-state index in [0.717, 1.165) is 24.8 Å². The highest BCUT2D eigenvalue weighted by atomic mass is 19.4. The number of ether oxygens (including phenoxy) is 1. The van der Waals surface area contributed by atoms with Crippen molar-refractivity contribution >= 4 is 17.8 Å². The molecule has 0 aliphatic heterocycles. The van der Waals surface area contributed by atoms with Gasteiger partial charge in [0, 0.05) is 12.5 Å². The third-order valence-corrected chi connectivity index (χ3v) is 5.00. The lowest BCUT2D eigenvalue weighted by Gasteiger charge is -2.23. The summed E-state index contributed by atoms with van der Waals surface area (Å²) in [6, 6.07) is 0. The molecule has 7 nitrogen and oxygen atoms in total. The summed E-state index contributed by atoms with van der Waals surface area (Å²) in [6.07, 6.45) is 3.09. The summed E-state index contributed by atoms with van der Waals surface area (Å²) in [4.78, 5) is 28.2. The van der Waals surface area contributed by atoms with Crippen molar-refractivity contribution in [1.29, 1.82) is 0 Å². The Balaban J connectivity index is 1.87. The highest BCUT2D eigenvalue weighted by Gasteiger charge is 2.35. The Kier molecular flexibility index (Phi) is 8.22. The fourth-order valence-electron chi connectivity index (χ4n) is 3.12. The van der Waals surface area contributed by atoms with Gasteiger partial charge in [0.15, 0.2) is 0 Å². The lowest BCUT2D eigenvalue weighted by Crippen LogP contribution is -2.42. The molecule has 1 fully saturated rings. The summed E-state index contributed by atoms with van der Waals surface area (Å²) in [5, 5.41) is 5.16. The normalized spacial score (nSPS) is 23.3. The maximum absolute atomic E-state index is 12.5. The van der Waals surface area contributed by atoms with Gasteiger partial charge >= 0.3 is 6.36 Å². The predicted molar refractivity (Wildman–Crippen MR) is 106 cm³/mol. The number of hydrogen-bond acceptors (Lipinski definition) is 4. The van der Waals surface area contributed by atoms with Crippen LogP contribution in [0.25, 0.3) is 0 Å². The Morgan fingerprint density at radius 3 is 2.63 bits per heavy atom. The van der Waals surface area contributed by atoms with Crippen molar-refractivity contribution in [3.63, 3.8) is 0 Å². The van der Waals surface area contributed by atoms with Crippen molar-refractivity contribution in [2.45, 2.75) is 52.0 Å². The van der Waals surface area contributed by atoms with E-state index in [1.807, 2.05) is 0 Å². The molecule has 0 aromatic heterocycles. The van der Waals surface area contributed by atoms with E-state index in [1.165, 1.54) is 18.2 Å². The zero-order valence-corrected chi connectivity index (χ0v) is 17.0. The number of carbonyl (C=O) groups is 2. The minimum absolute atomic E-state index is 0.0255. The van der Waals surface area contributed by atoms with Crippen molar-refractivity contribution in [1.82, 2.24) is 10.6 Å². The van der Waals surface area contributed by atoms with Crippen LogP contribution in [0.5, 0.6) is 0 Å². The molecule has 2 aliphatic carbocycles. The van der Waals surface area contributed by atoms with Gasteiger partial charge in [0.2, 0.25) is 11.9 Å². The number of hydrogen-bond donors (Lipinski definition) is 3. The topological polar surface area (TPSA) is 106 Å². The molecule has 0 heterocycles. The summed E-state index contributed by atoms with van der Waals surface area (Å²) in [7, 11) is 0. The van der Waals surface area contributed by atoms with Crippen molar-refractivity contribution in [3.8, 4) is 0 Å². The van der Waals surface area contributed by atoms with Crippen LogP contribution in [-0.2, 0) is 14.3 Å². The van der Waals surface area contributed by atoms with Crippen molar-refractivity contribution in [2.24, 2.45) is 22.6 Å². The number of halogens is 3. The Morgan fingerprint density at radius 1 is 1.37 bits per heavy atom. The van der Waals surface area contributed by atoms with Crippen molar-refractivity contribution < 1.29 is 27.5 Å². The first-order valence-corrected chi connectivity index (χ1v) is 9.79. The van der Waals surface area contributed by atoms with Gasteiger partial charge in [-0.15, -0.1) is 13.2 Å². The molecule has 30 heavy (non-hydrogen) atoms. The van der Waals surface area contributed by atoms with Gasteiger partial charge in [0.1, 0.15) is 5.70 Å². The number of amides is 2. The molecule has 166 valence electrons. The molecule has 0 aromatic carbocycles. The zero-order chi connectivity index (χ0) is 22.3. The molecule has 2 rings (SSSR count). The maximum Gasteiger partial charge on any atom is 0.523 e. The summed E-state index contributed by atoms with van der Waals surface area (Å²) >= 11 is 0. The van der Waals surface area contributed by atoms with Gasteiger partial charge < -0.3 is 11.1 Å². The molecule has 1 saturated carbocycles. The number of alkyl halides is 3. The molecule has 0 radical (unpaired) electrons.